The minimum atomic E-state index is 0.253. The third-order valence-corrected chi connectivity index (χ3v) is 4.61. The fourth-order valence-electron chi connectivity index (χ4n) is 1.53. The molecule has 0 fully saturated rings. The van der Waals surface area contributed by atoms with Crippen molar-refractivity contribution in [2.75, 3.05) is 6.54 Å². The molecule has 0 spiro atoms. The molecule has 0 radical (unpaired) electrons. The van der Waals surface area contributed by atoms with Crippen LogP contribution in [0.5, 0.6) is 0 Å². The smallest absolute Gasteiger partial charge is 0.0730 e. The maximum absolute atomic E-state index is 3.57. The molecule has 1 nitrogen and oxygen atoms in total. The van der Waals surface area contributed by atoms with Crippen LogP contribution in [-0.4, -0.2) is 12.1 Å². The van der Waals surface area contributed by atoms with E-state index in [1.165, 1.54) is 33.5 Å². The fourth-order valence-corrected chi connectivity index (χ4v) is 3.20. The van der Waals surface area contributed by atoms with Crippen LogP contribution in [0.3, 0.4) is 0 Å². The number of hydrogen-bond donors (Lipinski definition) is 1. The van der Waals surface area contributed by atoms with E-state index >= 15 is 0 Å². The molecule has 3 heteroatoms. The van der Waals surface area contributed by atoms with Gasteiger partial charge in [0.2, 0.25) is 0 Å². The Hall–Kier alpha value is 0.140. The zero-order valence-corrected chi connectivity index (χ0v) is 13.1. The lowest BCUT2D eigenvalue weighted by atomic mass is 10.1. The fraction of sp³-hybridized carbons (Fsp3) is 0.692. The molecule has 0 aliphatic heterocycles. The molecule has 0 saturated carbocycles. The number of unbranched alkanes of at least 4 members (excludes halogenated alkanes) is 1. The molecule has 0 atom stereocenters. The number of nitrogens with one attached hydrogen (secondary N) is 1. The molecule has 0 saturated heterocycles. The first-order chi connectivity index (χ1) is 7.38. The maximum Gasteiger partial charge on any atom is 0.0730 e. The summed E-state index contributed by atoms with van der Waals surface area (Å²) in [6, 6.07) is 2.30. The van der Waals surface area contributed by atoms with Crippen LogP contribution in [0, 0.1) is 6.92 Å². The molecule has 0 unspecified atom stereocenters. The van der Waals surface area contributed by atoms with Gasteiger partial charge in [0.25, 0.3) is 0 Å². The van der Waals surface area contributed by atoms with Crippen molar-refractivity contribution in [1.82, 2.24) is 5.32 Å². The van der Waals surface area contributed by atoms with Gasteiger partial charge in [0.1, 0.15) is 0 Å². The van der Waals surface area contributed by atoms with Crippen LogP contribution in [-0.2, 0) is 6.42 Å². The molecule has 1 N–H and O–H groups in total. The molecule has 1 aromatic heterocycles. The lowest BCUT2D eigenvalue weighted by Gasteiger charge is -2.20. The van der Waals surface area contributed by atoms with Crippen LogP contribution in [0.15, 0.2) is 9.85 Å². The Morgan fingerprint density at radius 1 is 1.31 bits per heavy atom. The quantitative estimate of drug-likeness (QED) is 0.788. The Morgan fingerprint density at radius 2 is 2.00 bits per heavy atom. The van der Waals surface area contributed by atoms with Gasteiger partial charge in [-0.3, -0.25) is 0 Å². The summed E-state index contributed by atoms with van der Waals surface area (Å²) in [6.45, 7) is 9.92. The third kappa shape index (κ3) is 5.46. The van der Waals surface area contributed by atoms with E-state index in [4.69, 9.17) is 0 Å². The summed E-state index contributed by atoms with van der Waals surface area (Å²) in [5, 5.41) is 3.52. The van der Waals surface area contributed by atoms with Gasteiger partial charge in [-0.05, 0) is 81.1 Å². The van der Waals surface area contributed by atoms with Gasteiger partial charge in [-0.15, -0.1) is 11.3 Å². The summed E-state index contributed by atoms with van der Waals surface area (Å²) in [4.78, 5) is 1.50. The Balaban J connectivity index is 2.16. The summed E-state index contributed by atoms with van der Waals surface area (Å²) in [5.41, 5.74) is 1.62. The second kappa shape index (κ2) is 6.18. The first-order valence-electron chi connectivity index (χ1n) is 5.88. The van der Waals surface area contributed by atoms with Crippen molar-refractivity contribution in [2.24, 2.45) is 0 Å². The van der Waals surface area contributed by atoms with E-state index in [1.54, 1.807) is 0 Å². The topological polar surface area (TPSA) is 12.0 Å². The standard InChI is InChI=1S/C13H22BrNS/c1-10-9-11(16-12(10)14)7-5-6-8-15-13(2,3)4/h9,15H,5-8H2,1-4H3. The van der Waals surface area contributed by atoms with Gasteiger partial charge < -0.3 is 5.32 Å². The van der Waals surface area contributed by atoms with Crippen molar-refractivity contribution in [2.45, 2.75) is 52.5 Å². The molecular weight excluding hydrogens is 282 g/mol. The highest BCUT2D eigenvalue weighted by Crippen LogP contribution is 2.28. The maximum atomic E-state index is 3.57. The van der Waals surface area contributed by atoms with Gasteiger partial charge in [-0.25, -0.2) is 0 Å². The number of hydrogen-bond acceptors (Lipinski definition) is 2. The minimum absolute atomic E-state index is 0.253. The molecule has 0 aromatic carbocycles. The van der Waals surface area contributed by atoms with Crippen LogP contribution in [0.1, 0.15) is 44.1 Å². The highest BCUT2D eigenvalue weighted by molar-refractivity contribution is 9.11. The van der Waals surface area contributed by atoms with Crippen molar-refractivity contribution in [3.05, 3.63) is 20.3 Å². The van der Waals surface area contributed by atoms with E-state index in [0.29, 0.717) is 0 Å². The van der Waals surface area contributed by atoms with Crippen molar-refractivity contribution in [1.29, 1.82) is 0 Å². The normalized spacial score (nSPS) is 12.1. The molecule has 0 bridgehead atoms. The third-order valence-electron chi connectivity index (χ3n) is 2.41. The van der Waals surface area contributed by atoms with E-state index in [9.17, 15) is 0 Å². The minimum Gasteiger partial charge on any atom is -0.312 e. The van der Waals surface area contributed by atoms with Gasteiger partial charge >= 0.3 is 0 Å². The second-order valence-electron chi connectivity index (χ2n) is 5.30. The molecular formula is C13H22BrNS. The summed E-state index contributed by atoms with van der Waals surface area (Å²) >= 11 is 5.45. The lowest BCUT2D eigenvalue weighted by Crippen LogP contribution is -2.36. The Labute approximate surface area is 112 Å². The van der Waals surface area contributed by atoms with E-state index < -0.39 is 0 Å². The van der Waals surface area contributed by atoms with Crippen molar-refractivity contribution < 1.29 is 0 Å². The van der Waals surface area contributed by atoms with Gasteiger partial charge in [0.15, 0.2) is 0 Å². The molecule has 0 aliphatic rings. The van der Waals surface area contributed by atoms with Crippen LogP contribution >= 0.6 is 27.3 Å². The van der Waals surface area contributed by atoms with Crippen LogP contribution in [0.2, 0.25) is 0 Å². The number of halogens is 1. The number of rotatable bonds is 5. The SMILES string of the molecule is Cc1cc(CCCCNC(C)(C)C)sc1Br. The largest absolute Gasteiger partial charge is 0.312 e. The predicted molar refractivity (Wildman–Crippen MR) is 77.4 cm³/mol. The van der Waals surface area contributed by atoms with Crippen molar-refractivity contribution in [3.8, 4) is 0 Å². The Bertz CT molecular complexity index is 306. The van der Waals surface area contributed by atoms with Crippen LogP contribution in [0.4, 0.5) is 0 Å². The molecule has 1 aromatic rings. The van der Waals surface area contributed by atoms with E-state index in [-0.39, 0.29) is 5.54 Å². The van der Waals surface area contributed by atoms with Gasteiger partial charge in [-0.1, -0.05) is 0 Å². The zero-order chi connectivity index (χ0) is 12.2. The molecule has 0 aliphatic carbocycles. The Kier molecular flexibility index (Phi) is 5.48. The summed E-state index contributed by atoms with van der Waals surface area (Å²) in [7, 11) is 0. The van der Waals surface area contributed by atoms with Crippen LogP contribution < -0.4 is 5.32 Å². The molecule has 92 valence electrons. The average Bonchev–Trinajstić information content (AvgIpc) is 2.44. The van der Waals surface area contributed by atoms with Gasteiger partial charge in [0, 0.05) is 10.4 Å². The van der Waals surface area contributed by atoms with E-state index in [0.717, 1.165) is 6.54 Å². The number of aryl methyl sites for hydroxylation is 2. The molecule has 0 amide bonds. The lowest BCUT2D eigenvalue weighted by molar-refractivity contribution is 0.419. The highest BCUT2D eigenvalue weighted by Gasteiger charge is 2.07. The average molecular weight is 304 g/mol. The zero-order valence-electron chi connectivity index (χ0n) is 10.7. The second-order valence-corrected chi connectivity index (χ2v) is 7.76. The first-order valence-corrected chi connectivity index (χ1v) is 7.49. The van der Waals surface area contributed by atoms with Crippen molar-refractivity contribution in [3.63, 3.8) is 0 Å². The molecule has 16 heavy (non-hydrogen) atoms. The molecule has 1 heterocycles. The first kappa shape index (κ1) is 14.2. The van der Waals surface area contributed by atoms with E-state index in [2.05, 4.69) is 55.0 Å². The Morgan fingerprint density at radius 3 is 2.50 bits per heavy atom. The summed E-state index contributed by atoms with van der Waals surface area (Å²) in [5.74, 6) is 0. The van der Waals surface area contributed by atoms with Crippen LogP contribution in [0.25, 0.3) is 0 Å². The highest BCUT2D eigenvalue weighted by atomic mass is 79.9. The van der Waals surface area contributed by atoms with Gasteiger partial charge in [0.05, 0.1) is 3.79 Å². The van der Waals surface area contributed by atoms with E-state index in [1.807, 2.05) is 11.3 Å². The summed E-state index contributed by atoms with van der Waals surface area (Å²) in [6.07, 6.45) is 3.74. The van der Waals surface area contributed by atoms with Crippen molar-refractivity contribution >= 4 is 27.3 Å². The number of thiophene rings is 1. The summed E-state index contributed by atoms with van der Waals surface area (Å²) < 4.78 is 1.29. The monoisotopic (exact) mass is 303 g/mol. The van der Waals surface area contributed by atoms with Gasteiger partial charge in [-0.2, -0.15) is 0 Å². The molecule has 1 rings (SSSR count). The predicted octanol–water partition coefficient (Wildman–Crippen LogP) is 4.53.